The Morgan fingerprint density at radius 2 is 1.85 bits per heavy atom. The lowest BCUT2D eigenvalue weighted by Crippen LogP contribution is -2.38. The first-order chi connectivity index (χ1) is 12.8. The van der Waals surface area contributed by atoms with Crippen molar-refractivity contribution in [2.24, 2.45) is 4.99 Å². The summed E-state index contributed by atoms with van der Waals surface area (Å²) in [5.41, 5.74) is 0.971. The average molecular weight is 484 g/mol. The van der Waals surface area contributed by atoms with E-state index in [4.69, 9.17) is 9.47 Å². The van der Waals surface area contributed by atoms with Gasteiger partial charge < -0.3 is 20.1 Å². The summed E-state index contributed by atoms with van der Waals surface area (Å²) in [4.78, 5) is 8.87. The van der Waals surface area contributed by atoms with Gasteiger partial charge in [-0.3, -0.25) is 0 Å². The van der Waals surface area contributed by atoms with Crippen molar-refractivity contribution in [3.8, 4) is 11.6 Å². The number of aliphatic imine (C=N–C) groups is 1. The summed E-state index contributed by atoms with van der Waals surface area (Å²) in [6.45, 7) is 7.35. The van der Waals surface area contributed by atoms with Crippen molar-refractivity contribution in [1.29, 1.82) is 0 Å². The molecule has 0 unspecified atom stereocenters. The monoisotopic (exact) mass is 484 g/mol. The minimum atomic E-state index is 0. The van der Waals surface area contributed by atoms with Gasteiger partial charge in [-0.25, -0.2) is 9.98 Å². The molecule has 0 saturated heterocycles. The fourth-order valence-electron chi connectivity index (χ4n) is 2.30. The molecule has 0 bridgehead atoms. The van der Waals surface area contributed by atoms with E-state index in [2.05, 4.69) is 20.6 Å². The highest BCUT2D eigenvalue weighted by Gasteiger charge is 2.04. The van der Waals surface area contributed by atoms with Crippen molar-refractivity contribution >= 4 is 29.9 Å². The molecule has 0 amide bonds. The number of aromatic nitrogens is 1. The Labute approximate surface area is 178 Å². The van der Waals surface area contributed by atoms with E-state index in [1.807, 2.05) is 56.3 Å². The van der Waals surface area contributed by atoms with Gasteiger partial charge in [-0.1, -0.05) is 24.3 Å². The van der Waals surface area contributed by atoms with E-state index in [1.54, 1.807) is 6.20 Å². The summed E-state index contributed by atoms with van der Waals surface area (Å²) in [6.07, 6.45) is 2.62. The van der Waals surface area contributed by atoms with Gasteiger partial charge in [0.05, 0.1) is 19.8 Å². The van der Waals surface area contributed by atoms with E-state index in [0.717, 1.165) is 36.8 Å². The van der Waals surface area contributed by atoms with E-state index < -0.39 is 0 Å². The molecule has 0 fully saturated rings. The quantitative estimate of drug-likeness (QED) is 0.234. The highest BCUT2D eigenvalue weighted by Crippen LogP contribution is 2.15. The number of hydrogen-bond acceptors (Lipinski definition) is 4. The predicted molar refractivity (Wildman–Crippen MR) is 120 cm³/mol. The molecule has 2 rings (SSSR count). The van der Waals surface area contributed by atoms with Crippen LogP contribution in [0.15, 0.2) is 53.7 Å². The van der Waals surface area contributed by atoms with E-state index in [1.165, 1.54) is 0 Å². The molecule has 0 aliphatic heterocycles. The van der Waals surface area contributed by atoms with Crippen LogP contribution in [0.2, 0.25) is 0 Å². The molecule has 1 aromatic carbocycles. The molecule has 148 valence electrons. The molecule has 0 spiro atoms. The standard InChI is InChI=1S/C20H28N4O2.HI/c1-3-21-20(23-14-9-15-26-18-11-6-5-7-12-18)24-16-17-10-8-13-22-19(17)25-4-2;/h5-8,10-13H,3-4,9,14-16H2,1-2H3,(H2,21,23,24);1H. The van der Waals surface area contributed by atoms with Crippen LogP contribution < -0.4 is 20.1 Å². The van der Waals surface area contributed by atoms with Gasteiger partial charge in [0.15, 0.2) is 5.96 Å². The minimum Gasteiger partial charge on any atom is -0.494 e. The maximum absolute atomic E-state index is 5.69. The molecule has 0 atom stereocenters. The van der Waals surface area contributed by atoms with Crippen molar-refractivity contribution in [3.63, 3.8) is 0 Å². The molecule has 0 radical (unpaired) electrons. The largest absolute Gasteiger partial charge is 0.494 e. The van der Waals surface area contributed by atoms with Gasteiger partial charge in [-0.2, -0.15) is 0 Å². The van der Waals surface area contributed by atoms with Crippen LogP contribution in [0.3, 0.4) is 0 Å². The molecular weight excluding hydrogens is 455 g/mol. The third-order valence-electron chi connectivity index (χ3n) is 3.51. The van der Waals surface area contributed by atoms with Crippen LogP contribution in [0.4, 0.5) is 0 Å². The van der Waals surface area contributed by atoms with E-state index in [0.29, 0.717) is 25.6 Å². The molecule has 2 N–H and O–H groups in total. The lowest BCUT2D eigenvalue weighted by atomic mass is 10.3. The average Bonchev–Trinajstić information content (AvgIpc) is 2.68. The third kappa shape index (κ3) is 8.94. The van der Waals surface area contributed by atoms with Crippen molar-refractivity contribution in [2.75, 3.05) is 26.3 Å². The molecule has 27 heavy (non-hydrogen) atoms. The lowest BCUT2D eigenvalue weighted by Gasteiger charge is -2.12. The summed E-state index contributed by atoms with van der Waals surface area (Å²) in [5.74, 6) is 2.32. The van der Waals surface area contributed by atoms with Crippen LogP contribution >= 0.6 is 24.0 Å². The van der Waals surface area contributed by atoms with Crippen LogP contribution in [-0.4, -0.2) is 37.2 Å². The van der Waals surface area contributed by atoms with Crippen LogP contribution in [0.5, 0.6) is 11.6 Å². The highest BCUT2D eigenvalue weighted by molar-refractivity contribution is 14.0. The normalized spacial score (nSPS) is 10.7. The van der Waals surface area contributed by atoms with Gasteiger partial charge in [0.2, 0.25) is 5.88 Å². The van der Waals surface area contributed by atoms with Crippen LogP contribution in [-0.2, 0) is 6.54 Å². The number of pyridine rings is 1. The SMILES string of the molecule is CCNC(=NCc1cccnc1OCC)NCCCOc1ccccc1.I. The Bertz CT molecular complexity index is 668. The number of benzene rings is 1. The minimum absolute atomic E-state index is 0. The zero-order chi connectivity index (χ0) is 18.5. The Kier molecular flexibility index (Phi) is 12.0. The number of guanidine groups is 1. The topological polar surface area (TPSA) is 67.8 Å². The summed E-state index contributed by atoms with van der Waals surface area (Å²) in [6, 6.07) is 13.7. The Balaban J connectivity index is 0.00000364. The maximum atomic E-state index is 5.69. The number of ether oxygens (including phenoxy) is 2. The van der Waals surface area contributed by atoms with Gasteiger partial charge in [0.1, 0.15) is 5.75 Å². The van der Waals surface area contributed by atoms with E-state index in [-0.39, 0.29) is 24.0 Å². The number of halogens is 1. The second-order valence-corrected chi connectivity index (χ2v) is 5.54. The first kappa shape index (κ1) is 23.0. The molecule has 7 heteroatoms. The molecular formula is C20H29IN4O2. The summed E-state index contributed by atoms with van der Waals surface area (Å²) < 4.78 is 11.2. The van der Waals surface area contributed by atoms with Crippen LogP contribution in [0.1, 0.15) is 25.8 Å². The Morgan fingerprint density at radius 1 is 1.04 bits per heavy atom. The van der Waals surface area contributed by atoms with E-state index in [9.17, 15) is 0 Å². The zero-order valence-corrected chi connectivity index (χ0v) is 18.3. The fraction of sp³-hybridized carbons (Fsp3) is 0.400. The van der Waals surface area contributed by atoms with Crippen LogP contribution in [0, 0.1) is 0 Å². The Hall–Kier alpha value is -2.03. The molecule has 0 aliphatic carbocycles. The van der Waals surface area contributed by atoms with Crippen molar-refractivity contribution in [1.82, 2.24) is 15.6 Å². The van der Waals surface area contributed by atoms with Gasteiger partial charge in [0, 0.05) is 24.8 Å². The van der Waals surface area contributed by atoms with Crippen molar-refractivity contribution in [3.05, 3.63) is 54.2 Å². The van der Waals surface area contributed by atoms with E-state index >= 15 is 0 Å². The summed E-state index contributed by atoms with van der Waals surface area (Å²) in [7, 11) is 0. The number of nitrogens with zero attached hydrogens (tertiary/aromatic N) is 2. The molecule has 6 nitrogen and oxygen atoms in total. The number of hydrogen-bond donors (Lipinski definition) is 2. The molecule has 2 aromatic rings. The maximum Gasteiger partial charge on any atom is 0.218 e. The number of para-hydroxylation sites is 1. The highest BCUT2D eigenvalue weighted by atomic mass is 127. The second kappa shape index (κ2) is 14.1. The van der Waals surface area contributed by atoms with Crippen LogP contribution in [0.25, 0.3) is 0 Å². The molecule has 1 heterocycles. The summed E-state index contributed by atoms with van der Waals surface area (Å²) >= 11 is 0. The number of rotatable bonds is 10. The van der Waals surface area contributed by atoms with Crippen molar-refractivity contribution < 1.29 is 9.47 Å². The smallest absolute Gasteiger partial charge is 0.218 e. The lowest BCUT2D eigenvalue weighted by molar-refractivity contribution is 0.311. The second-order valence-electron chi connectivity index (χ2n) is 5.54. The first-order valence-corrected chi connectivity index (χ1v) is 9.10. The molecule has 0 aliphatic rings. The van der Waals surface area contributed by atoms with Gasteiger partial charge in [0.25, 0.3) is 0 Å². The Morgan fingerprint density at radius 3 is 2.59 bits per heavy atom. The predicted octanol–water partition coefficient (Wildman–Crippen LogP) is 3.62. The van der Waals surface area contributed by atoms with Gasteiger partial charge in [-0.15, -0.1) is 24.0 Å². The molecule has 1 aromatic heterocycles. The summed E-state index contributed by atoms with van der Waals surface area (Å²) in [5, 5.41) is 6.58. The number of nitrogens with one attached hydrogen (secondary N) is 2. The van der Waals surface area contributed by atoms with Crippen molar-refractivity contribution in [2.45, 2.75) is 26.8 Å². The van der Waals surface area contributed by atoms with Gasteiger partial charge >= 0.3 is 0 Å². The zero-order valence-electron chi connectivity index (χ0n) is 16.0. The third-order valence-corrected chi connectivity index (χ3v) is 3.51. The first-order valence-electron chi connectivity index (χ1n) is 9.10. The van der Waals surface area contributed by atoms with Gasteiger partial charge in [-0.05, 0) is 38.5 Å². The molecule has 0 saturated carbocycles. The fourth-order valence-corrected chi connectivity index (χ4v) is 2.30.